The van der Waals surface area contributed by atoms with E-state index in [-0.39, 0.29) is 18.7 Å². The van der Waals surface area contributed by atoms with Gasteiger partial charge in [-0.15, -0.1) is 0 Å². The van der Waals surface area contributed by atoms with Crippen molar-refractivity contribution in [2.24, 2.45) is 0 Å². The first-order valence-corrected chi connectivity index (χ1v) is 11.6. The fraction of sp³-hybridized carbons (Fsp3) is 0.296. The molecular formula is C27H29N3O4. The summed E-state index contributed by atoms with van der Waals surface area (Å²) in [7, 11) is 1.61. The third-order valence-electron chi connectivity index (χ3n) is 6.47. The number of para-hydroxylation sites is 1. The standard InChI is InChI=1S/C27H29N3O4/c1-32-23-10-7-20(8-11-23)27(31)28-18-24(21-9-12-25-26(17-21)34-19-33-25)30-15-13-29(14-16-30)22-5-3-2-4-6-22/h2-12,17,24H,13-16,18-19H2,1H3,(H,28,31)/t24-/m0/s1. The van der Waals surface area contributed by atoms with Crippen LogP contribution in [0.1, 0.15) is 22.0 Å². The zero-order valence-corrected chi connectivity index (χ0v) is 19.3. The van der Waals surface area contributed by atoms with Gasteiger partial charge in [0.1, 0.15) is 5.75 Å². The number of amides is 1. The van der Waals surface area contributed by atoms with Crippen LogP contribution in [0.25, 0.3) is 0 Å². The van der Waals surface area contributed by atoms with E-state index in [9.17, 15) is 4.79 Å². The summed E-state index contributed by atoms with van der Waals surface area (Å²) in [5.41, 5.74) is 2.96. The Bertz CT molecular complexity index is 1110. The molecule has 1 atom stereocenters. The third kappa shape index (κ3) is 4.79. The van der Waals surface area contributed by atoms with Gasteiger partial charge in [-0.05, 0) is 54.1 Å². The summed E-state index contributed by atoms with van der Waals surface area (Å²) >= 11 is 0. The number of nitrogens with zero attached hydrogens (tertiary/aromatic N) is 2. The third-order valence-corrected chi connectivity index (χ3v) is 6.47. The molecule has 0 radical (unpaired) electrons. The lowest BCUT2D eigenvalue weighted by molar-refractivity contribution is 0.0930. The first-order valence-electron chi connectivity index (χ1n) is 11.6. The molecule has 0 aliphatic carbocycles. The van der Waals surface area contributed by atoms with Crippen LogP contribution in [-0.4, -0.2) is 57.4 Å². The molecule has 2 heterocycles. The molecule has 3 aromatic rings. The Hall–Kier alpha value is -3.71. The Morgan fingerprint density at radius 3 is 2.41 bits per heavy atom. The van der Waals surface area contributed by atoms with Gasteiger partial charge in [0.2, 0.25) is 6.79 Å². The maximum atomic E-state index is 12.9. The van der Waals surface area contributed by atoms with Gasteiger partial charge in [-0.3, -0.25) is 9.69 Å². The molecule has 0 unspecified atom stereocenters. The van der Waals surface area contributed by atoms with E-state index in [1.165, 1.54) is 5.69 Å². The molecule has 176 valence electrons. The second-order valence-corrected chi connectivity index (χ2v) is 8.43. The van der Waals surface area contributed by atoms with Crippen molar-refractivity contribution >= 4 is 11.6 Å². The van der Waals surface area contributed by atoms with Gasteiger partial charge >= 0.3 is 0 Å². The number of fused-ring (bicyclic) bond motifs is 1. The maximum Gasteiger partial charge on any atom is 0.251 e. The van der Waals surface area contributed by atoms with Crippen molar-refractivity contribution in [3.8, 4) is 17.2 Å². The van der Waals surface area contributed by atoms with Crippen LogP contribution >= 0.6 is 0 Å². The van der Waals surface area contributed by atoms with Crippen molar-refractivity contribution in [2.45, 2.75) is 6.04 Å². The summed E-state index contributed by atoms with van der Waals surface area (Å²) in [6, 6.07) is 23.7. The number of nitrogens with one attached hydrogen (secondary N) is 1. The van der Waals surface area contributed by atoms with Gasteiger partial charge in [0.05, 0.1) is 13.2 Å². The van der Waals surface area contributed by atoms with Crippen molar-refractivity contribution in [1.82, 2.24) is 10.2 Å². The van der Waals surface area contributed by atoms with Crippen molar-refractivity contribution in [1.29, 1.82) is 0 Å². The van der Waals surface area contributed by atoms with Crippen LogP contribution in [-0.2, 0) is 0 Å². The van der Waals surface area contributed by atoms with Crippen molar-refractivity contribution in [2.75, 3.05) is 51.5 Å². The number of benzene rings is 3. The number of carbonyl (C=O) groups is 1. The molecule has 1 saturated heterocycles. The smallest absolute Gasteiger partial charge is 0.251 e. The van der Waals surface area contributed by atoms with Crippen LogP contribution in [0.3, 0.4) is 0 Å². The molecule has 3 aromatic carbocycles. The fourth-order valence-corrected chi connectivity index (χ4v) is 4.54. The Kier molecular flexibility index (Phi) is 6.53. The highest BCUT2D eigenvalue weighted by Gasteiger charge is 2.27. The first kappa shape index (κ1) is 22.1. The molecule has 1 fully saturated rings. The fourth-order valence-electron chi connectivity index (χ4n) is 4.54. The summed E-state index contributed by atoms with van der Waals surface area (Å²) in [5.74, 6) is 2.15. The van der Waals surface area contributed by atoms with Crippen molar-refractivity contribution in [3.05, 3.63) is 83.9 Å². The van der Waals surface area contributed by atoms with E-state index in [0.29, 0.717) is 12.1 Å². The number of ether oxygens (including phenoxy) is 3. The Labute approximate surface area is 199 Å². The minimum Gasteiger partial charge on any atom is -0.497 e. The van der Waals surface area contributed by atoms with E-state index in [2.05, 4.69) is 45.4 Å². The molecule has 1 amide bonds. The van der Waals surface area contributed by atoms with E-state index in [1.807, 2.05) is 18.2 Å². The topological polar surface area (TPSA) is 63.3 Å². The van der Waals surface area contributed by atoms with Gasteiger partial charge in [-0.2, -0.15) is 0 Å². The van der Waals surface area contributed by atoms with Crippen LogP contribution in [0.5, 0.6) is 17.2 Å². The van der Waals surface area contributed by atoms with Gasteiger partial charge in [0.15, 0.2) is 11.5 Å². The Balaban J connectivity index is 1.31. The molecule has 5 rings (SSSR count). The van der Waals surface area contributed by atoms with E-state index in [1.54, 1.807) is 31.4 Å². The molecule has 0 bridgehead atoms. The second-order valence-electron chi connectivity index (χ2n) is 8.43. The number of hydrogen-bond acceptors (Lipinski definition) is 6. The predicted molar refractivity (Wildman–Crippen MR) is 131 cm³/mol. The monoisotopic (exact) mass is 459 g/mol. The SMILES string of the molecule is COc1ccc(C(=O)NC[C@@H](c2ccc3c(c2)OCO3)N2CCN(c3ccccc3)CC2)cc1. The van der Waals surface area contributed by atoms with Gasteiger partial charge in [-0.1, -0.05) is 24.3 Å². The quantitative estimate of drug-likeness (QED) is 0.581. The summed E-state index contributed by atoms with van der Waals surface area (Å²) in [6.07, 6.45) is 0. The largest absolute Gasteiger partial charge is 0.497 e. The minimum absolute atomic E-state index is 0.0228. The average molecular weight is 460 g/mol. The van der Waals surface area contributed by atoms with Crippen LogP contribution < -0.4 is 24.4 Å². The second kappa shape index (κ2) is 10.1. The predicted octanol–water partition coefficient (Wildman–Crippen LogP) is 3.72. The normalized spacial score (nSPS) is 16.2. The summed E-state index contributed by atoms with van der Waals surface area (Å²) in [6.45, 7) is 4.39. The van der Waals surface area contributed by atoms with Crippen LogP contribution in [0.2, 0.25) is 0 Å². The maximum absolute atomic E-state index is 12.9. The van der Waals surface area contributed by atoms with Gasteiger partial charge in [0, 0.05) is 44.0 Å². The number of hydrogen-bond donors (Lipinski definition) is 1. The highest BCUT2D eigenvalue weighted by atomic mass is 16.7. The van der Waals surface area contributed by atoms with Crippen LogP contribution in [0.15, 0.2) is 72.8 Å². The van der Waals surface area contributed by atoms with E-state index < -0.39 is 0 Å². The molecule has 0 aromatic heterocycles. The lowest BCUT2D eigenvalue weighted by Gasteiger charge is -2.40. The van der Waals surface area contributed by atoms with Crippen LogP contribution in [0.4, 0.5) is 5.69 Å². The molecule has 7 nitrogen and oxygen atoms in total. The minimum atomic E-state index is -0.101. The number of methoxy groups -OCH3 is 1. The van der Waals surface area contributed by atoms with E-state index in [4.69, 9.17) is 14.2 Å². The summed E-state index contributed by atoms with van der Waals surface area (Å²) in [5, 5.41) is 3.14. The average Bonchev–Trinajstić information content (AvgIpc) is 3.38. The number of anilines is 1. The number of rotatable bonds is 7. The lowest BCUT2D eigenvalue weighted by Crippen LogP contribution is -2.50. The molecule has 0 saturated carbocycles. The molecule has 34 heavy (non-hydrogen) atoms. The first-order chi connectivity index (χ1) is 16.7. The number of piperazine rings is 1. The molecule has 0 spiro atoms. The molecule has 1 N–H and O–H groups in total. The number of carbonyl (C=O) groups excluding carboxylic acids is 1. The van der Waals surface area contributed by atoms with Crippen molar-refractivity contribution < 1.29 is 19.0 Å². The highest BCUT2D eigenvalue weighted by molar-refractivity contribution is 5.94. The van der Waals surface area contributed by atoms with Crippen molar-refractivity contribution in [3.63, 3.8) is 0 Å². The zero-order valence-electron chi connectivity index (χ0n) is 19.3. The lowest BCUT2D eigenvalue weighted by atomic mass is 10.0. The summed E-state index contributed by atoms with van der Waals surface area (Å²) in [4.78, 5) is 17.7. The Morgan fingerprint density at radius 1 is 0.941 bits per heavy atom. The van der Waals surface area contributed by atoms with Gasteiger partial charge in [-0.25, -0.2) is 0 Å². The molecular weight excluding hydrogens is 430 g/mol. The van der Waals surface area contributed by atoms with E-state index in [0.717, 1.165) is 49.0 Å². The molecule has 2 aliphatic heterocycles. The van der Waals surface area contributed by atoms with Gasteiger partial charge < -0.3 is 24.4 Å². The highest BCUT2D eigenvalue weighted by Crippen LogP contribution is 2.35. The summed E-state index contributed by atoms with van der Waals surface area (Å²) < 4.78 is 16.3. The van der Waals surface area contributed by atoms with E-state index >= 15 is 0 Å². The zero-order chi connectivity index (χ0) is 23.3. The van der Waals surface area contributed by atoms with Crippen LogP contribution in [0, 0.1) is 0 Å². The van der Waals surface area contributed by atoms with Gasteiger partial charge in [0.25, 0.3) is 5.91 Å². The molecule has 7 heteroatoms. The molecule has 2 aliphatic rings. The Morgan fingerprint density at radius 2 is 1.68 bits per heavy atom.